The minimum absolute atomic E-state index is 0.552. The maximum atomic E-state index is 5.77. The van der Waals surface area contributed by atoms with Crippen LogP contribution in [0.5, 0.6) is 11.5 Å². The first-order chi connectivity index (χ1) is 11.6. The van der Waals surface area contributed by atoms with Crippen molar-refractivity contribution in [2.45, 2.75) is 40.2 Å². The molecule has 2 aromatic rings. The Balaban J connectivity index is 2.21. The van der Waals surface area contributed by atoms with Gasteiger partial charge in [-0.1, -0.05) is 29.8 Å². The zero-order valence-corrected chi connectivity index (χ0v) is 16.6. The van der Waals surface area contributed by atoms with E-state index >= 15 is 0 Å². The monoisotopic (exact) mass is 414 g/mol. The molecule has 0 bridgehead atoms. The molecule has 0 radical (unpaired) electrons. The largest absolute Gasteiger partial charge is 0.490 e. The van der Waals surface area contributed by atoms with Crippen molar-refractivity contribution in [3.05, 3.63) is 32.8 Å². The summed E-state index contributed by atoms with van der Waals surface area (Å²) < 4.78 is 14.8. The Morgan fingerprint density at radius 2 is 2.00 bits per heavy atom. The van der Waals surface area contributed by atoms with Gasteiger partial charge < -0.3 is 14.9 Å². The summed E-state index contributed by atoms with van der Waals surface area (Å²) in [5.41, 5.74) is 4.34. The molecular weight excluding hydrogens is 392 g/mol. The van der Waals surface area contributed by atoms with Crippen molar-refractivity contribution >= 4 is 28.1 Å². The highest BCUT2D eigenvalue weighted by Gasteiger charge is 2.12. The number of H-pyrrole nitrogens is 1. The van der Waals surface area contributed by atoms with E-state index in [1.165, 1.54) is 0 Å². The third-order valence-electron chi connectivity index (χ3n) is 3.36. The van der Waals surface area contributed by atoms with Crippen molar-refractivity contribution in [3.63, 3.8) is 0 Å². The summed E-state index contributed by atoms with van der Waals surface area (Å²) in [4.78, 5) is 0. The lowest BCUT2D eigenvalue weighted by Crippen LogP contribution is -2.17. The van der Waals surface area contributed by atoms with E-state index in [0.717, 1.165) is 40.2 Å². The normalized spacial score (nSPS) is 10.7. The second kappa shape index (κ2) is 9.08. The van der Waals surface area contributed by atoms with E-state index in [1.807, 2.05) is 26.0 Å². The number of rotatable bonds is 9. The van der Waals surface area contributed by atoms with Crippen LogP contribution >= 0.6 is 28.1 Å². The predicted molar refractivity (Wildman–Crippen MR) is 101 cm³/mol. The predicted octanol–water partition coefficient (Wildman–Crippen LogP) is 4.20. The van der Waals surface area contributed by atoms with E-state index in [2.05, 4.69) is 38.5 Å². The third kappa shape index (κ3) is 4.51. The number of hydrogen-bond donors (Lipinski definition) is 2. The first-order valence-corrected chi connectivity index (χ1v) is 9.28. The van der Waals surface area contributed by atoms with Gasteiger partial charge in [-0.2, -0.15) is 5.10 Å². The fourth-order valence-electron chi connectivity index (χ4n) is 2.20. The fraction of sp³-hybridized carbons (Fsp3) is 0.500. The molecule has 0 aliphatic heterocycles. The standard InChI is InChI=1S/C16H23BrN4O2S/c1-4-7-23-14-9-12(17)11(8-13(14)22-6-3)10-18-21-15(5-2)19-20-16(21)24/h8-9,18H,4-7,10H2,1-3H3,(H,20,24). The van der Waals surface area contributed by atoms with Gasteiger partial charge in [0.05, 0.1) is 19.8 Å². The number of ether oxygens (including phenoxy) is 2. The van der Waals surface area contributed by atoms with E-state index < -0.39 is 0 Å². The molecule has 2 rings (SSSR count). The highest BCUT2D eigenvalue weighted by Crippen LogP contribution is 2.34. The van der Waals surface area contributed by atoms with Gasteiger partial charge in [-0.3, -0.25) is 5.10 Å². The summed E-state index contributed by atoms with van der Waals surface area (Å²) in [6.07, 6.45) is 1.74. The van der Waals surface area contributed by atoms with Gasteiger partial charge in [-0.25, -0.2) is 4.68 Å². The lowest BCUT2D eigenvalue weighted by Gasteiger charge is -2.16. The van der Waals surface area contributed by atoms with E-state index in [1.54, 1.807) is 4.68 Å². The average Bonchev–Trinajstić information content (AvgIpc) is 2.93. The Morgan fingerprint density at radius 1 is 1.25 bits per heavy atom. The van der Waals surface area contributed by atoms with Gasteiger partial charge in [0.15, 0.2) is 17.3 Å². The van der Waals surface area contributed by atoms with E-state index in [4.69, 9.17) is 21.7 Å². The highest BCUT2D eigenvalue weighted by molar-refractivity contribution is 9.10. The Hall–Kier alpha value is -1.54. The lowest BCUT2D eigenvalue weighted by atomic mass is 10.2. The minimum atomic E-state index is 0.552. The van der Waals surface area contributed by atoms with Crippen LogP contribution in [0.2, 0.25) is 0 Å². The second-order valence-electron chi connectivity index (χ2n) is 5.14. The van der Waals surface area contributed by atoms with Crippen molar-refractivity contribution in [1.29, 1.82) is 0 Å². The molecule has 1 heterocycles. The highest BCUT2D eigenvalue weighted by atomic mass is 79.9. The van der Waals surface area contributed by atoms with Crippen LogP contribution in [0.4, 0.5) is 0 Å². The number of benzene rings is 1. The SMILES string of the molecule is CCCOc1cc(Br)c(CNn2c(CC)n[nH]c2=S)cc1OCC. The van der Waals surface area contributed by atoms with Crippen LogP contribution < -0.4 is 14.9 Å². The summed E-state index contributed by atoms with van der Waals surface area (Å²) in [5.74, 6) is 2.37. The number of nitrogens with zero attached hydrogens (tertiary/aromatic N) is 2. The molecule has 1 aromatic heterocycles. The van der Waals surface area contributed by atoms with Crippen molar-refractivity contribution in [2.75, 3.05) is 18.6 Å². The molecule has 8 heteroatoms. The van der Waals surface area contributed by atoms with E-state index in [0.29, 0.717) is 24.5 Å². The van der Waals surface area contributed by atoms with Crippen LogP contribution in [-0.4, -0.2) is 28.1 Å². The van der Waals surface area contributed by atoms with Crippen LogP contribution in [0, 0.1) is 4.77 Å². The molecule has 0 saturated carbocycles. The molecule has 2 N–H and O–H groups in total. The summed E-state index contributed by atoms with van der Waals surface area (Å²) in [7, 11) is 0. The Labute approximate surface area is 155 Å². The van der Waals surface area contributed by atoms with Crippen molar-refractivity contribution in [1.82, 2.24) is 14.9 Å². The molecule has 0 amide bonds. The molecule has 0 saturated heterocycles. The second-order valence-corrected chi connectivity index (χ2v) is 6.38. The fourth-order valence-corrected chi connectivity index (χ4v) is 2.88. The molecule has 0 unspecified atom stereocenters. The molecule has 132 valence electrons. The molecule has 0 spiro atoms. The Kier molecular flexibility index (Phi) is 7.11. The zero-order chi connectivity index (χ0) is 17.5. The Morgan fingerprint density at radius 3 is 2.67 bits per heavy atom. The number of aryl methyl sites for hydroxylation is 1. The number of aromatic nitrogens is 3. The number of hydrogen-bond acceptors (Lipinski definition) is 5. The van der Waals surface area contributed by atoms with Crippen LogP contribution in [0.1, 0.15) is 38.6 Å². The first-order valence-electron chi connectivity index (χ1n) is 8.08. The van der Waals surface area contributed by atoms with Gasteiger partial charge in [0.1, 0.15) is 0 Å². The molecular formula is C16H23BrN4O2S. The first kappa shape index (κ1) is 18.8. The van der Waals surface area contributed by atoms with Crippen molar-refractivity contribution < 1.29 is 9.47 Å². The lowest BCUT2D eigenvalue weighted by molar-refractivity contribution is 0.276. The third-order valence-corrected chi connectivity index (χ3v) is 4.37. The van der Waals surface area contributed by atoms with Crippen LogP contribution in [-0.2, 0) is 13.0 Å². The van der Waals surface area contributed by atoms with Crippen LogP contribution in [0.15, 0.2) is 16.6 Å². The van der Waals surface area contributed by atoms with Gasteiger partial charge in [-0.15, -0.1) is 0 Å². The summed E-state index contributed by atoms with van der Waals surface area (Å²) in [6, 6.07) is 3.94. The topological polar surface area (TPSA) is 64.1 Å². The van der Waals surface area contributed by atoms with Crippen LogP contribution in [0.3, 0.4) is 0 Å². The van der Waals surface area contributed by atoms with Gasteiger partial charge in [0.25, 0.3) is 0 Å². The smallest absolute Gasteiger partial charge is 0.214 e. The Bertz CT molecular complexity index is 729. The minimum Gasteiger partial charge on any atom is -0.490 e. The average molecular weight is 415 g/mol. The van der Waals surface area contributed by atoms with Gasteiger partial charge in [-0.05, 0) is 43.3 Å². The molecule has 0 fully saturated rings. The molecule has 24 heavy (non-hydrogen) atoms. The molecule has 0 aliphatic rings. The van der Waals surface area contributed by atoms with Gasteiger partial charge >= 0.3 is 0 Å². The van der Waals surface area contributed by atoms with Crippen LogP contribution in [0.25, 0.3) is 0 Å². The summed E-state index contributed by atoms with van der Waals surface area (Å²) in [6.45, 7) is 7.90. The molecule has 6 nitrogen and oxygen atoms in total. The van der Waals surface area contributed by atoms with Gasteiger partial charge in [0, 0.05) is 10.9 Å². The zero-order valence-electron chi connectivity index (χ0n) is 14.2. The van der Waals surface area contributed by atoms with Crippen molar-refractivity contribution in [2.24, 2.45) is 0 Å². The van der Waals surface area contributed by atoms with Gasteiger partial charge in [0.2, 0.25) is 4.77 Å². The van der Waals surface area contributed by atoms with Crippen molar-refractivity contribution in [3.8, 4) is 11.5 Å². The number of halogens is 1. The quantitative estimate of drug-likeness (QED) is 0.601. The maximum Gasteiger partial charge on any atom is 0.214 e. The molecule has 0 atom stereocenters. The summed E-state index contributed by atoms with van der Waals surface area (Å²) in [5, 5.41) is 6.99. The van der Waals surface area contributed by atoms with E-state index in [-0.39, 0.29) is 0 Å². The van der Waals surface area contributed by atoms with E-state index in [9.17, 15) is 0 Å². The number of aromatic amines is 1. The molecule has 1 aromatic carbocycles. The summed E-state index contributed by atoms with van der Waals surface area (Å²) >= 11 is 8.86. The number of nitrogens with one attached hydrogen (secondary N) is 2. The maximum absolute atomic E-state index is 5.77. The molecule has 0 aliphatic carbocycles.